The highest BCUT2D eigenvalue weighted by molar-refractivity contribution is 6.07. The average Bonchev–Trinajstić information content (AvgIpc) is 2.90. The first-order valence-corrected chi connectivity index (χ1v) is 12.6. The molecule has 0 radical (unpaired) electrons. The Kier molecular flexibility index (Phi) is 8.74. The lowest BCUT2D eigenvalue weighted by atomic mass is 9.89. The topological polar surface area (TPSA) is 70.7 Å². The van der Waals surface area contributed by atoms with Crippen molar-refractivity contribution < 1.29 is 14.3 Å². The summed E-state index contributed by atoms with van der Waals surface area (Å²) in [6.45, 7) is 4.56. The average molecular weight is 486 g/mol. The lowest BCUT2D eigenvalue weighted by Gasteiger charge is -2.35. The van der Waals surface area contributed by atoms with Crippen molar-refractivity contribution in [3.8, 4) is 0 Å². The molecule has 0 bridgehead atoms. The van der Waals surface area contributed by atoms with Gasteiger partial charge in [0.25, 0.3) is 11.8 Å². The zero-order valence-electron chi connectivity index (χ0n) is 21.1. The van der Waals surface area contributed by atoms with Crippen molar-refractivity contribution in [1.82, 2.24) is 5.32 Å². The first kappa shape index (κ1) is 25.5. The predicted octanol–water partition coefficient (Wildman–Crippen LogP) is 5.08. The van der Waals surface area contributed by atoms with E-state index < -0.39 is 0 Å². The molecule has 1 aliphatic heterocycles. The van der Waals surface area contributed by atoms with Crippen LogP contribution in [0.4, 0.5) is 11.4 Å². The van der Waals surface area contributed by atoms with Crippen LogP contribution in [-0.2, 0) is 11.2 Å². The van der Waals surface area contributed by atoms with Crippen LogP contribution in [0.1, 0.15) is 44.7 Å². The quantitative estimate of drug-likeness (QED) is 0.415. The molecule has 4 rings (SSSR count). The van der Waals surface area contributed by atoms with E-state index in [9.17, 15) is 9.59 Å². The Bertz CT molecular complexity index is 1170. The molecule has 0 aromatic heterocycles. The van der Waals surface area contributed by atoms with Gasteiger partial charge in [-0.1, -0.05) is 48.5 Å². The highest BCUT2D eigenvalue weighted by Gasteiger charge is 2.24. The third-order valence-electron chi connectivity index (χ3n) is 6.80. The van der Waals surface area contributed by atoms with Gasteiger partial charge in [0.1, 0.15) is 0 Å². The van der Waals surface area contributed by atoms with Crippen molar-refractivity contribution >= 4 is 23.2 Å². The van der Waals surface area contributed by atoms with Gasteiger partial charge in [0.2, 0.25) is 0 Å². The summed E-state index contributed by atoms with van der Waals surface area (Å²) < 4.78 is 5.09. The standard InChI is InChI=1S/C30H35N3O3/c1-22-8-6-7-11-26(22)30(35)32-25-12-13-28(27(21-25)29(34)31-16-19-36-2)33-17-14-24(15-18-33)20-23-9-4-3-5-10-23/h3-13,21,24H,14-20H2,1-2H3,(H,31,34)(H,32,35). The second-order valence-corrected chi connectivity index (χ2v) is 9.37. The molecule has 1 fully saturated rings. The molecule has 1 heterocycles. The maximum atomic E-state index is 13.1. The number of benzene rings is 3. The molecular weight excluding hydrogens is 450 g/mol. The summed E-state index contributed by atoms with van der Waals surface area (Å²) in [6, 6.07) is 23.7. The molecule has 2 N–H and O–H groups in total. The third-order valence-corrected chi connectivity index (χ3v) is 6.80. The normalized spacial score (nSPS) is 13.9. The summed E-state index contributed by atoms with van der Waals surface area (Å²) in [4.78, 5) is 28.3. The van der Waals surface area contributed by atoms with Gasteiger partial charge in [0, 0.05) is 43.7 Å². The Morgan fingerprint density at radius 1 is 0.917 bits per heavy atom. The molecule has 2 amide bonds. The Hall–Kier alpha value is -3.64. The fraction of sp³-hybridized carbons (Fsp3) is 0.333. The molecule has 1 aliphatic rings. The van der Waals surface area contributed by atoms with E-state index in [0.717, 1.165) is 43.6 Å². The Labute approximate surface area is 213 Å². The van der Waals surface area contributed by atoms with Crippen LogP contribution in [0.3, 0.4) is 0 Å². The summed E-state index contributed by atoms with van der Waals surface area (Å²) in [6.07, 6.45) is 3.24. The number of carbonyl (C=O) groups is 2. The summed E-state index contributed by atoms with van der Waals surface area (Å²) >= 11 is 0. The number of ether oxygens (including phenoxy) is 1. The van der Waals surface area contributed by atoms with Gasteiger partial charge in [-0.3, -0.25) is 9.59 Å². The minimum absolute atomic E-state index is 0.166. The highest BCUT2D eigenvalue weighted by Crippen LogP contribution is 2.30. The first-order valence-electron chi connectivity index (χ1n) is 12.6. The lowest BCUT2D eigenvalue weighted by Crippen LogP contribution is -2.36. The van der Waals surface area contributed by atoms with Crippen molar-refractivity contribution in [2.24, 2.45) is 5.92 Å². The van der Waals surface area contributed by atoms with Crippen molar-refractivity contribution in [2.75, 3.05) is 43.6 Å². The second kappa shape index (κ2) is 12.4. The molecular formula is C30H35N3O3. The van der Waals surface area contributed by atoms with E-state index in [0.29, 0.717) is 35.9 Å². The SMILES string of the molecule is COCCNC(=O)c1cc(NC(=O)c2ccccc2C)ccc1N1CCC(Cc2ccccc2)CC1. The Morgan fingerprint density at radius 3 is 2.36 bits per heavy atom. The number of methoxy groups -OCH3 is 1. The number of amides is 2. The summed E-state index contributed by atoms with van der Waals surface area (Å²) in [5, 5.41) is 5.90. The fourth-order valence-electron chi connectivity index (χ4n) is 4.78. The van der Waals surface area contributed by atoms with Gasteiger partial charge in [0.05, 0.1) is 12.2 Å². The van der Waals surface area contributed by atoms with E-state index in [2.05, 4.69) is 45.9 Å². The number of rotatable bonds is 9. The van der Waals surface area contributed by atoms with Gasteiger partial charge in [-0.2, -0.15) is 0 Å². The molecule has 0 unspecified atom stereocenters. The summed E-state index contributed by atoms with van der Waals surface area (Å²) in [7, 11) is 1.61. The first-order chi connectivity index (χ1) is 17.5. The molecule has 6 heteroatoms. The minimum atomic E-state index is -0.187. The number of hydrogen-bond donors (Lipinski definition) is 2. The summed E-state index contributed by atoms with van der Waals surface area (Å²) in [5.41, 5.74) is 4.97. The number of aryl methyl sites for hydroxylation is 1. The van der Waals surface area contributed by atoms with Crippen LogP contribution in [0.5, 0.6) is 0 Å². The number of anilines is 2. The third kappa shape index (κ3) is 6.52. The van der Waals surface area contributed by atoms with Gasteiger partial charge in [0.15, 0.2) is 0 Å². The molecule has 6 nitrogen and oxygen atoms in total. The van der Waals surface area contributed by atoms with Crippen molar-refractivity contribution in [1.29, 1.82) is 0 Å². The van der Waals surface area contributed by atoms with Crippen molar-refractivity contribution in [3.63, 3.8) is 0 Å². The van der Waals surface area contributed by atoms with E-state index in [4.69, 9.17) is 4.74 Å². The van der Waals surface area contributed by atoms with Crippen LogP contribution in [0.15, 0.2) is 72.8 Å². The second-order valence-electron chi connectivity index (χ2n) is 9.37. The number of hydrogen-bond acceptors (Lipinski definition) is 4. The number of piperidine rings is 1. The monoisotopic (exact) mass is 485 g/mol. The van der Waals surface area contributed by atoms with Crippen LogP contribution >= 0.6 is 0 Å². The van der Waals surface area contributed by atoms with E-state index in [1.807, 2.05) is 37.3 Å². The van der Waals surface area contributed by atoms with Gasteiger partial charge in [-0.25, -0.2) is 0 Å². The summed E-state index contributed by atoms with van der Waals surface area (Å²) in [5.74, 6) is 0.282. The zero-order chi connectivity index (χ0) is 25.3. The molecule has 0 aliphatic carbocycles. The molecule has 0 atom stereocenters. The maximum absolute atomic E-state index is 13.1. The number of carbonyl (C=O) groups excluding carboxylic acids is 2. The van der Waals surface area contributed by atoms with Crippen LogP contribution in [0.25, 0.3) is 0 Å². The van der Waals surface area contributed by atoms with Crippen LogP contribution in [0.2, 0.25) is 0 Å². The van der Waals surface area contributed by atoms with Gasteiger partial charge < -0.3 is 20.3 Å². The lowest BCUT2D eigenvalue weighted by molar-refractivity contribution is 0.0936. The van der Waals surface area contributed by atoms with Gasteiger partial charge in [-0.05, 0) is 67.5 Å². The molecule has 1 saturated heterocycles. The van der Waals surface area contributed by atoms with E-state index >= 15 is 0 Å². The Balaban J connectivity index is 1.49. The maximum Gasteiger partial charge on any atom is 0.255 e. The van der Waals surface area contributed by atoms with E-state index in [1.54, 1.807) is 19.2 Å². The highest BCUT2D eigenvalue weighted by atomic mass is 16.5. The molecule has 3 aromatic carbocycles. The smallest absolute Gasteiger partial charge is 0.255 e. The molecule has 36 heavy (non-hydrogen) atoms. The number of nitrogens with one attached hydrogen (secondary N) is 2. The van der Waals surface area contributed by atoms with Crippen LogP contribution in [-0.4, -0.2) is 45.2 Å². The van der Waals surface area contributed by atoms with E-state index in [-0.39, 0.29) is 11.8 Å². The minimum Gasteiger partial charge on any atom is -0.383 e. The number of nitrogens with zero attached hydrogens (tertiary/aromatic N) is 1. The molecule has 188 valence electrons. The fourth-order valence-corrected chi connectivity index (χ4v) is 4.78. The molecule has 0 saturated carbocycles. The van der Waals surface area contributed by atoms with Crippen LogP contribution in [0, 0.1) is 12.8 Å². The Morgan fingerprint density at radius 2 is 1.64 bits per heavy atom. The molecule has 3 aromatic rings. The van der Waals surface area contributed by atoms with Crippen molar-refractivity contribution in [2.45, 2.75) is 26.2 Å². The van der Waals surface area contributed by atoms with Crippen LogP contribution < -0.4 is 15.5 Å². The van der Waals surface area contributed by atoms with Crippen molar-refractivity contribution in [3.05, 3.63) is 95.1 Å². The predicted molar refractivity (Wildman–Crippen MR) is 145 cm³/mol. The van der Waals surface area contributed by atoms with Gasteiger partial charge in [-0.15, -0.1) is 0 Å². The van der Waals surface area contributed by atoms with Gasteiger partial charge >= 0.3 is 0 Å². The van der Waals surface area contributed by atoms with E-state index in [1.165, 1.54) is 5.56 Å². The molecule has 0 spiro atoms. The largest absolute Gasteiger partial charge is 0.383 e. The zero-order valence-corrected chi connectivity index (χ0v) is 21.1.